The average Bonchev–Trinajstić information content (AvgIpc) is 2.20. The van der Waals surface area contributed by atoms with Crippen molar-refractivity contribution in [3.63, 3.8) is 0 Å². The number of hydrogen-bond acceptors (Lipinski definition) is 1. The Labute approximate surface area is 114 Å². The first-order chi connectivity index (χ1) is 7.04. The lowest BCUT2D eigenvalue weighted by atomic mass is 10.0. The number of halogens is 2. The van der Waals surface area contributed by atoms with Gasteiger partial charge in [-0.1, -0.05) is 20.3 Å². The summed E-state index contributed by atoms with van der Waals surface area (Å²) in [5.74, 6) is 0.691. The van der Waals surface area contributed by atoms with Crippen LogP contribution in [0.1, 0.15) is 27.2 Å². The van der Waals surface area contributed by atoms with Crippen LogP contribution in [0.2, 0.25) is 0 Å². The molecule has 1 aromatic rings. The molecule has 0 aromatic heterocycles. The van der Waals surface area contributed by atoms with Crippen molar-refractivity contribution in [3.8, 4) is 0 Å². The van der Waals surface area contributed by atoms with Crippen molar-refractivity contribution in [1.82, 2.24) is 0 Å². The van der Waals surface area contributed by atoms with Crippen LogP contribution in [-0.4, -0.2) is 6.04 Å². The van der Waals surface area contributed by atoms with Crippen molar-refractivity contribution >= 4 is 44.2 Å². The summed E-state index contributed by atoms with van der Waals surface area (Å²) in [5, 5.41) is 3.54. The van der Waals surface area contributed by atoms with Crippen LogP contribution in [0, 0.1) is 9.49 Å². The van der Waals surface area contributed by atoms with Crippen LogP contribution in [0.3, 0.4) is 0 Å². The second-order valence-electron chi connectivity index (χ2n) is 3.94. The molecule has 0 aliphatic carbocycles. The molecule has 0 radical (unpaired) electrons. The summed E-state index contributed by atoms with van der Waals surface area (Å²) in [4.78, 5) is 0. The molecule has 84 valence electrons. The van der Waals surface area contributed by atoms with Gasteiger partial charge in [-0.25, -0.2) is 0 Å². The molecule has 2 unspecified atom stereocenters. The molecule has 0 saturated carbocycles. The molecule has 1 N–H and O–H groups in total. The highest BCUT2D eigenvalue weighted by Gasteiger charge is 2.11. The summed E-state index contributed by atoms with van der Waals surface area (Å²) in [6.45, 7) is 6.74. The van der Waals surface area contributed by atoms with E-state index in [1.165, 1.54) is 15.7 Å². The largest absolute Gasteiger partial charge is 0.381 e. The third-order valence-electron chi connectivity index (χ3n) is 2.81. The molecule has 0 heterocycles. The summed E-state index contributed by atoms with van der Waals surface area (Å²) in [6.07, 6.45) is 1.20. The van der Waals surface area contributed by atoms with E-state index in [2.05, 4.69) is 82.8 Å². The van der Waals surface area contributed by atoms with E-state index in [4.69, 9.17) is 0 Å². The molecule has 15 heavy (non-hydrogen) atoms. The van der Waals surface area contributed by atoms with Crippen molar-refractivity contribution in [2.24, 2.45) is 5.92 Å². The van der Waals surface area contributed by atoms with Gasteiger partial charge < -0.3 is 5.32 Å². The molecule has 1 rings (SSSR count). The molecule has 1 aromatic carbocycles. The Morgan fingerprint density at radius 2 is 2.07 bits per heavy atom. The summed E-state index contributed by atoms with van der Waals surface area (Å²) in [6, 6.07) is 6.89. The van der Waals surface area contributed by atoms with Gasteiger partial charge in [0, 0.05) is 19.8 Å². The number of hydrogen-bond donors (Lipinski definition) is 1. The number of anilines is 1. The van der Waals surface area contributed by atoms with Gasteiger partial charge in [-0.2, -0.15) is 0 Å². The van der Waals surface area contributed by atoms with E-state index in [1.807, 2.05) is 0 Å². The maximum atomic E-state index is 3.58. The van der Waals surface area contributed by atoms with Gasteiger partial charge in [-0.05, 0) is 69.6 Å². The van der Waals surface area contributed by atoms with Crippen molar-refractivity contribution < 1.29 is 0 Å². The van der Waals surface area contributed by atoms with Crippen LogP contribution >= 0.6 is 38.5 Å². The fourth-order valence-electron chi connectivity index (χ4n) is 1.35. The first kappa shape index (κ1) is 13.3. The van der Waals surface area contributed by atoms with Crippen molar-refractivity contribution in [2.75, 3.05) is 5.32 Å². The maximum Gasteiger partial charge on any atom is 0.0487 e. The minimum absolute atomic E-state index is 0.506. The van der Waals surface area contributed by atoms with Crippen molar-refractivity contribution in [2.45, 2.75) is 33.2 Å². The zero-order chi connectivity index (χ0) is 11.4. The zero-order valence-electron chi connectivity index (χ0n) is 9.35. The second-order valence-corrected chi connectivity index (χ2v) is 6.04. The van der Waals surface area contributed by atoms with Crippen LogP contribution in [0.25, 0.3) is 0 Å². The van der Waals surface area contributed by atoms with Gasteiger partial charge in [0.1, 0.15) is 0 Å². The van der Waals surface area contributed by atoms with Gasteiger partial charge >= 0.3 is 0 Å². The van der Waals surface area contributed by atoms with Gasteiger partial charge in [0.15, 0.2) is 0 Å². The minimum atomic E-state index is 0.506. The van der Waals surface area contributed by atoms with Gasteiger partial charge in [-0.15, -0.1) is 0 Å². The van der Waals surface area contributed by atoms with E-state index in [-0.39, 0.29) is 0 Å². The summed E-state index contributed by atoms with van der Waals surface area (Å²) >= 11 is 5.90. The van der Waals surface area contributed by atoms with Crippen molar-refractivity contribution in [1.29, 1.82) is 0 Å². The van der Waals surface area contributed by atoms with Gasteiger partial charge in [0.05, 0.1) is 0 Å². The molecule has 0 aliphatic heterocycles. The van der Waals surface area contributed by atoms with E-state index >= 15 is 0 Å². The lowest BCUT2D eigenvalue weighted by molar-refractivity contribution is 0.494. The lowest BCUT2D eigenvalue weighted by Gasteiger charge is -2.21. The molecule has 1 nitrogen and oxygen atoms in total. The Balaban J connectivity index is 2.72. The molecular weight excluding hydrogens is 365 g/mol. The predicted molar refractivity (Wildman–Crippen MR) is 79.4 cm³/mol. The van der Waals surface area contributed by atoms with E-state index in [0.29, 0.717) is 12.0 Å². The van der Waals surface area contributed by atoms with Gasteiger partial charge in [-0.3, -0.25) is 0 Å². The highest BCUT2D eigenvalue weighted by molar-refractivity contribution is 14.1. The van der Waals surface area contributed by atoms with Crippen molar-refractivity contribution in [3.05, 3.63) is 26.2 Å². The maximum absolute atomic E-state index is 3.58. The quantitative estimate of drug-likeness (QED) is 0.731. The van der Waals surface area contributed by atoms with Crippen LogP contribution in [0.5, 0.6) is 0 Å². The highest BCUT2D eigenvalue weighted by Crippen LogP contribution is 2.26. The molecule has 2 atom stereocenters. The van der Waals surface area contributed by atoms with Gasteiger partial charge in [0.25, 0.3) is 0 Å². The van der Waals surface area contributed by atoms with Crippen LogP contribution in [0.15, 0.2) is 22.7 Å². The molecular formula is C12H17BrIN. The summed E-state index contributed by atoms with van der Waals surface area (Å²) < 4.78 is 2.39. The fraction of sp³-hybridized carbons (Fsp3) is 0.500. The normalized spacial score (nSPS) is 14.7. The fourth-order valence-corrected chi connectivity index (χ4v) is 2.76. The van der Waals surface area contributed by atoms with E-state index in [0.717, 1.165) is 4.47 Å². The first-order valence-corrected chi connectivity index (χ1v) is 7.13. The molecule has 0 aliphatic rings. The Morgan fingerprint density at radius 3 is 2.60 bits per heavy atom. The molecule has 0 bridgehead atoms. The van der Waals surface area contributed by atoms with Crippen LogP contribution < -0.4 is 5.32 Å². The molecule has 0 amide bonds. The highest BCUT2D eigenvalue weighted by atomic mass is 127. The Hall–Kier alpha value is 0.230. The monoisotopic (exact) mass is 381 g/mol. The number of rotatable bonds is 4. The molecule has 0 spiro atoms. The van der Waals surface area contributed by atoms with Gasteiger partial charge in [0.2, 0.25) is 0 Å². The molecule has 0 fully saturated rings. The number of benzene rings is 1. The number of nitrogens with one attached hydrogen (secondary N) is 1. The topological polar surface area (TPSA) is 12.0 Å². The standard InChI is InChI=1S/C12H17BrIN/c1-4-8(2)9(3)15-12-6-5-10(14)7-11(12)13/h5-9,15H,4H2,1-3H3. The SMILES string of the molecule is CCC(C)C(C)Nc1ccc(I)cc1Br. The Morgan fingerprint density at radius 1 is 1.40 bits per heavy atom. The summed E-state index contributed by atoms with van der Waals surface area (Å²) in [7, 11) is 0. The van der Waals surface area contributed by atoms with E-state index in [9.17, 15) is 0 Å². The minimum Gasteiger partial charge on any atom is -0.381 e. The van der Waals surface area contributed by atoms with Crippen LogP contribution in [0.4, 0.5) is 5.69 Å². The Bertz CT molecular complexity index is 327. The third-order valence-corrected chi connectivity index (χ3v) is 4.14. The second kappa shape index (κ2) is 6.09. The third kappa shape index (κ3) is 3.94. The van der Waals surface area contributed by atoms with E-state index in [1.54, 1.807) is 0 Å². The summed E-state index contributed by atoms with van der Waals surface area (Å²) in [5.41, 5.74) is 1.18. The Kier molecular flexibility index (Phi) is 5.39. The zero-order valence-corrected chi connectivity index (χ0v) is 13.1. The predicted octanol–water partition coefficient (Wildman–Crippen LogP) is 4.90. The first-order valence-electron chi connectivity index (χ1n) is 5.26. The average molecular weight is 382 g/mol. The molecule has 3 heteroatoms. The smallest absolute Gasteiger partial charge is 0.0487 e. The molecule has 0 saturated heterocycles. The van der Waals surface area contributed by atoms with E-state index < -0.39 is 0 Å². The lowest BCUT2D eigenvalue weighted by Crippen LogP contribution is -2.23. The van der Waals surface area contributed by atoms with Crippen LogP contribution in [-0.2, 0) is 0 Å².